The molecule has 1 spiro atoms. The highest BCUT2D eigenvalue weighted by atomic mass is 16.3. The van der Waals surface area contributed by atoms with Crippen molar-refractivity contribution in [1.29, 1.82) is 0 Å². The Hall–Kier alpha value is -2.09. The SMILES string of the molecule is CC(C)(C)CN1CCC[C@]2(CCN(c3cc(NCCO)nc(N)n3)C2)C1=O. The number of rotatable bonds is 5. The van der Waals surface area contributed by atoms with Gasteiger partial charge in [0.1, 0.15) is 11.6 Å². The molecule has 2 saturated heterocycles. The minimum atomic E-state index is -0.318. The number of anilines is 3. The van der Waals surface area contributed by atoms with Crippen molar-refractivity contribution in [3.63, 3.8) is 0 Å². The largest absolute Gasteiger partial charge is 0.395 e. The van der Waals surface area contributed by atoms with Crippen molar-refractivity contribution in [2.24, 2.45) is 10.8 Å². The van der Waals surface area contributed by atoms with Gasteiger partial charge in [0, 0.05) is 38.8 Å². The number of nitrogen functional groups attached to an aromatic ring is 1. The van der Waals surface area contributed by atoms with Gasteiger partial charge in [-0.1, -0.05) is 20.8 Å². The standard InChI is InChI=1S/C19H32N6O2/c1-18(2,3)12-25-8-4-5-19(16(25)27)6-9-24(13-19)15-11-14(21-7-10-26)22-17(20)23-15/h11,26H,4-10,12-13H2,1-3H3,(H3,20,21,22,23)/t19-/m1/s1. The van der Waals surface area contributed by atoms with Crippen LogP contribution in [0.1, 0.15) is 40.0 Å². The van der Waals surface area contributed by atoms with Crippen molar-refractivity contribution in [3.05, 3.63) is 6.07 Å². The minimum absolute atomic E-state index is 0.0180. The molecule has 3 heterocycles. The molecule has 1 atom stereocenters. The van der Waals surface area contributed by atoms with Gasteiger partial charge in [-0.2, -0.15) is 9.97 Å². The summed E-state index contributed by atoms with van der Waals surface area (Å²) < 4.78 is 0. The van der Waals surface area contributed by atoms with Gasteiger partial charge in [0.25, 0.3) is 0 Å². The number of amides is 1. The fraction of sp³-hybridized carbons (Fsp3) is 0.737. The zero-order valence-corrected chi connectivity index (χ0v) is 16.7. The van der Waals surface area contributed by atoms with Gasteiger partial charge in [-0.3, -0.25) is 4.79 Å². The number of aliphatic hydroxyl groups is 1. The summed E-state index contributed by atoms with van der Waals surface area (Å²) >= 11 is 0. The van der Waals surface area contributed by atoms with E-state index in [2.05, 4.69) is 45.9 Å². The van der Waals surface area contributed by atoms with Crippen molar-refractivity contribution in [2.75, 3.05) is 55.3 Å². The first kappa shape index (κ1) is 19.7. The van der Waals surface area contributed by atoms with E-state index in [0.29, 0.717) is 18.9 Å². The Kier molecular flexibility index (Phi) is 5.46. The molecule has 3 rings (SSSR count). The quantitative estimate of drug-likeness (QED) is 0.711. The van der Waals surface area contributed by atoms with E-state index in [4.69, 9.17) is 10.8 Å². The van der Waals surface area contributed by atoms with E-state index in [0.717, 1.165) is 44.7 Å². The van der Waals surface area contributed by atoms with E-state index in [1.165, 1.54) is 0 Å². The van der Waals surface area contributed by atoms with E-state index in [-0.39, 0.29) is 29.3 Å². The number of nitrogens with zero attached hydrogens (tertiary/aromatic N) is 4. The Morgan fingerprint density at radius 1 is 1.30 bits per heavy atom. The summed E-state index contributed by atoms with van der Waals surface area (Å²) in [4.78, 5) is 26.0. The van der Waals surface area contributed by atoms with Crippen LogP contribution in [0.2, 0.25) is 0 Å². The summed E-state index contributed by atoms with van der Waals surface area (Å²) in [6, 6.07) is 1.84. The molecule has 0 radical (unpaired) electrons. The highest BCUT2D eigenvalue weighted by Gasteiger charge is 2.49. The molecule has 150 valence electrons. The van der Waals surface area contributed by atoms with Gasteiger partial charge in [-0.15, -0.1) is 0 Å². The lowest BCUT2D eigenvalue weighted by Gasteiger charge is -2.41. The van der Waals surface area contributed by atoms with Gasteiger partial charge < -0.3 is 26.0 Å². The molecule has 1 aromatic rings. The first-order chi connectivity index (χ1) is 12.7. The number of nitrogens with two attached hydrogens (primary N) is 1. The number of nitrogens with one attached hydrogen (secondary N) is 1. The fourth-order valence-corrected chi connectivity index (χ4v) is 4.21. The Bertz CT molecular complexity index is 689. The van der Waals surface area contributed by atoms with E-state index < -0.39 is 0 Å². The highest BCUT2D eigenvalue weighted by molar-refractivity contribution is 5.85. The second-order valence-electron chi connectivity index (χ2n) is 8.96. The molecular weight excluding hydrogens is 344 g/mol. The van der Waals surface area contributed by atoms with Crippen LogP contribution in [-0.4, -0.2) is 65.2 Å². The van der Waals surface area contributed by atoms with Crippen molar-refractivity contribution in [2.45, 2.75) is 40.0 Å². The molecule has 0 aromatic carbocycles. The predicted octanol–water partition coefficient (Wildman–Crippen LogP) is 1.33. The Labute approximate surface area is 161 Å². The third kappa shape index (κ3) is 4.43. The smallest absolute Gasteiger partial charge is 0.230 e. The number of aromatic nitrogens is 2. The Balaban J connectivity index is 1.75. The number of likely N-dealkylation sites (tertiary alicyclic amines) is 1. The highest BCUT2D eigenvalue weighted by Crippen LogP contribution is 2.42. The Morgan fingerprint density at radius 2 is 2.07 bits per heavy atom. The average molecular weight is 377 g/mol. The zero-order chi connectivity index (χ0) is 19.7. The fourth-order valence-electron chi connectivity index (χ4n) is 4.21. The molecule has 0 bridgehead atoms. The number of hydrogen-bond acceptors (Lipinski definition) is 7. The second kappa shape index (κ2) is 7.50. The van der Waals surface area contributed by atoms with Crippen LogP contribution in [0, 0.1) is 10.8 Å². The van der Waals surface area contributed by atoms with Crippen LogP contribution < -0.4 is 16.0 Å². The summed E-state index contributed by atoms with van der Waals surface area (Å²) in [6.45, 7) is 10.0. The van der Waals surface area contributed by atoms with Gasteiger partial charge in [-0.25, -0.2) is 0 Å². The third-order valence-electron chi connectivity index (χ3n) is 5.32. The van der Waals surface area contributed by atoms with Crippen LogP contribution in [0.25, 0.3) is 0 Å². The molecule has 0 unspecified atom stereocenters. The lowest BCUT2D eigenvalue weighted by atomic mass is 9.77. The Morgan fingerprint density at radius 3 is 2.78 bits per heavy atom. The van der Waals surface area contributed by atoms with Gasteiger partial charge in [0.15, 0.2) is 0 Å². The maximum atomic E-state index is 13.3. The van der Waals surface area contributed by atoms with Gasteiger partial charge in [-0.05, 0) is 24.7 Å². The van der Waals surface area contributed by atoms with Gasteiger partial charge >= 0.3 is 0 Å². The van der Waals surface area contributed by atoms with Crippen LogP contribution in [0.4, 0.5) is 17.6 Å². The number of piperidine rings is 1. The van der Waals surface area contributed by atoms with Crippen molar-refractivity contribution in [1.82, 2.24) is 14.9 Å². The molecular formula is C19H32N6O2. The van der Waals surface area contributed by atoms with Crippen LogP contribution in [0.5, 0.6) is 0 Å². The molecule has 2 fully saturated rings. The monoisotopic (exact) mass is 376 g/mol. The van der Waals surface area contributed by atoms with Crippen LogP contribution in [-0.2, 0) is 4.79 Å². The zero-order valence-electron chi connectivity index (χ0n) is 16.7. The van der Waals surface area contributed by atoms with Crippen LogP contribution >= 0.6 is 0 Å². The van der Waals surface area contributed by atoms with Crippen LogP contribution in [0.15, 0.2) is 6.07 Å². The lowest BCUT2D eigenvalue weighted by Crippen LogP contribution is -2.52. The second-order valence-corrected chi connectivity index (χ2v) is 8.96. The molecule has 27 heavy (non-hydrogen) atoms. The minimum Gasteiger partial charge on any atom is -0.395 e. The molecule has 0 aliphatic carbocycles. The number of hydrogen-bond donors (Lipinski definition) is 3. The summed E-state index contributed by atoms with van der Waals surface area (Å²) in [6.07, 6.45) is 2.82. The summed E-state index contributed by atoms with van der Waals surface area (Å²) in [5.74, 6) is 1.81. The number of carbonyl (C=O) groups is 1. The third-order valence-corrected chi connectivity index (χ3v) is 5.32. The molecule has 1 aromatic heterocycles. The molecule has 8 heteroatoms. The maximum Gasteiger partial charge on any atom is 0.230 e. The molecule has 4 N–H and O–H groups in total. The van der Waals surface area contributed by atoms with E-state index in [1.807, 2.05) is 6.07 Å². The van der Waals surface area contributed by atoms with E-state index in [9.17, 15) is 4.79 Å². The van der Waals surface area contributed by atoms with Gasteiger partial charge in [0.2, 0.25) is 11.9 Å². The molecule has 0 saturated carbocycles. The summed E-state index contributed by atoms with van der Waals surface area (Å²) in [7, 11) is 0. The van der Waals surface area contributed by atoms with E-state index >= 15 is 0 Å². The lowest BCUT2D eigenvalue weighted by molar-refractivity contribution is -0.146. The predicted molar refractivity (Wildman–Crippen MR) is 107 cm³/mol. The van der Waals surface area contributed by atoms with Crippen molar-refractivity contribution >= 4 is 23.5 Å². The van der Waals surface area contributed by atoms with Crippen LogP contribution in [0.3, 0.4) is 0 Å². The number of aliphatic hydroxyl groups excluding tert-OH is 1. The molecule has 2 aliphatic heterocycles. The number of carbonyl (C=O) groups excluding carboxylic acids is 1. The van der Waals surface area contributed by atoms with Crippen molar-refractivity contribution < 1.29 is 9.90 Å². The molecule has 2 aliphatic rings. The summed E-state index contributed by atoms with van der Waals surface area (Å²) in [5, 5.41) is 12.0. The normalized spacial score (nSPS) is 23.3. The first-order valence-corrected chi connectivity index (χ1v) is 9.76. The van der Waals surface area contributed by atoms with Gasteiger partial charge in [0.05, 0.1) is 12.0 Å². The summed E-state index contributed by atoms with van der Waals surface area (Å²) in [5.41, 5.74) is 5.64. The molecule has 1 amide bonds. The van der Waals surface area contributed by atoms with Crippen molar-refractivity contribution in [3.8, 4) is 0 Å². The molecule has 8 nitrogen and oxygen atoms in total. The van der Waals surface area contributed by atoms with E-state index in [1.54, 1.807) is 0 Å². The average Bonchev–Trinajstić information content (AvgIpc) is 3.01. The first-order valence-electron chi connectivity index (χ1n) is 9.76. The maximum absolute atomic E-state index is 13.3. The topological polar surface area (TPSA) is 108 Å².